The number of rotatable bonds is 21. The Morgan fingerprint density at radius 3 is 1.84 bits per heavy atom. The van der Waals surface area contributed by atoms with Crippen LogP contribution in [0.25, 0.3) is 0 Å². The third kappa shape index (κ3) is 16.4. The Balaban J connectivity index is 1.93. The predicted octanol–water partition coefficient (Wildman–Crippen LogP) is 8.49. The van der Waals surface area contributed by atoms with Crippen molar-refractivity contribution >= 4 is 21.9 Å². The lowest BCUT2D eigenvalue weighted by atomic mass is 10.0. The van der Waals surface area contributed by atoms with Gasteiger partial charge in [-0.15, -0.1) is 0 Å². The lowest BCUT2D eigenvalue weighted by Gasteiger charge is -2.17. The fraction of sp³-hybridized carbons (Fsp3) is 0.741. The van der Waals surface area contributed by atoms with Crippen molar-refractivity contribution in [2.75, 3.05) is 18.5 Å². The molecule has 0 aliphatic rings. The Bertz CT molecular complexity index is 520. The fourth-order valence-electron chi connectivity index (χ4n) is 3.71. The monoisotopic (exact) mass is 496 g/mol. The number of halogens is 1. The fourth-order valence-corrected chi connectivity index (χ4v) is 4.22. The first-order valence-electron chi connectivity index (χ1n) is 12.7. The summed E-state index contributed by atoms with van der Waals surface area (Å²) < 4.78 is 11.4. The Kier molecular flexibility index (Phi) is 19.1. The lowest BCUT2D eigenvalue weighted by Crippen LogP contribution is -2.24. The van der Waals surface area contributed by atoms with E-state index in [0.717, 1.165) is 24.8 Å². The number of alkyl halides is 1. The maximum absolute atomic E-state index is 12.2. The summed E-state index contributed by atoms with van der Waals surface area (Å²) in [4.78, 5) is 12.2. The maximum atomic E-state index is 12.2. The van der Waals surface area contributed by atoms with Crippen LogP contribution in [0.1, 0.15) is 114 Å². The number of carbonyl (C=O) groups excluding carboxylic acids is 1. The highest BCUT2D eigenvalue weighted by atomic mass is 79.9. The summed E-state index contributed by atoms with van der Waals surface area (Å²) in [6.45, 7) is 3.50. The van der Waals surface area contributed by atoms with Crippen LogP contribution in [0.15, 0.2) is 30.3 Å². The Labute approximate surface area is 199 Å². The van der Waals surface area contributed by atoms with E-state index >= 15 is 0 Å². The zero-order valence-corrected chi connectivity index (χ0v) is 21.4. The molecule has 0 saturated heterocycles. The smallest absolute Gasteiger partial charge is 0.338 e. The average Bonchev–Trinajstić information content (AvgIpc) is 2.79. The second kappa shape index (κ2) is 21.0. The molecule has 1 aromatic carbocycles. The summed E-state index contributed by atoms with van der Waals surface area (Å²) in [5, 5.41) is 0.794. The number of hydrogen-bond acceptors (Lipinski definition) is 3. The SMILES string of the molecule is CCCCCCCCCCCCCCCCOC[C@H](CCBr)OC(=O)c1ccccc1. The quantitative estimate of drug-likeness (QED) is 0.0970. The zero-order chi connectivity index (χ0) is 22.4. The van der Waals surface area contributed by atoms with Gasteiger partial charge in [0, 0.05) is 11.9 Å². The van der Waals surface area contributed by atoms with E-state index in [0.29, 0.717) is 12.2 Å². The molecule has 0 N–H and O–H groups in total. The molecule has 0 heterocycles. The van der Waals surface area contributed by atoms with Crippen LogP contribution in [0.5, 0.6) is 0 Å². The summed E-state index contributed by atoms with van der Waals surface area (Å²) in [5.41, 5.74) is 0.592. The van der Waals surface area contributed by atoms with E-state index in [9.17, 15) is 4.79 Å². The predicted molar refractivity (Wildman–Crippen MR) is 135 cm³/mol. The van der Waals surface area contributed by atoms with Crippen molar-refractivity contribution in [1.82, 2.24) is 0 Å². The van der Waals surface area contributed by atoms with Gasteiger partial charge < -0.3 is 9.47 Å². The number of esters is 1. The van der Waals surface area contributed by atoms with E-state index in [1.165, 1.54) is 83.5 Å². The van der Waals surface area contributed by atoms with Crippen LogP contribution in [0.3, 0.4) is 0 Å². The van der Waals surface area contributed by atoms with Gasteiger partial charge in [0.25, 0.3) is 0 Å². The van der Waals surface area contributed by atoms with E-state index < -0.39 is 0 Å². The van der Waals surface area contributed by atoms with Gasteiger partial charge in [0.05, 0.1) is 12.2 Å². The van der Waals surface area contributed by atoms with Crippen molar-refractivity contribution in [3.8, 4) is 0 Å². The van der Waals surface area contributed by atoms with E-state index in [1.807, 2.05) is 18.2 Å². The maximum Gasteiger partial charge on any atom is 0.338 e. The largest absolute Gasteiger partial charge is 0.456 e. The van der Waals surface area contributed by atoms with Crippen LogP contribution < -0.4 is 0 Å². The molecule has 1 atom stereocenters. The van der Waals surface area contributed by atoms with Crippen molar-refractivity contribution < 1.29 is 14.3 Å². The highest BCUT2D eigenvalue weighted by Gasteiger charge is 2.15. The standard InChI is InChI=1S/C27H45BrO3/c1-2-3-4-5-6-7-8-9-10-11-12-13-14-18-23-30-24-26(21-22-28)31-27(29)25-19-16-15-17-20-25/h15-17,19-20,26H,2-14,18,21-24H2,1H3/t26-/m0/s1. The molecule has 178 valence electrons. The first kappa shape index (κ1) is 28.2. The molecule has 0 aromatic heterocycles. The summed E-state index contributed by atoms with van der Waals surface area (Å²) in [7, 11) is 0. The molecule has 0 unspecified atom stereocenters. The van der Waals surface area contributed by atoms with E-state index in [1.54, 1.807) is 12.1 Å². The van der Waals surface area contributed by atoms with Crippen molar-refractivity contribution in [3.63, 3.8) is 0 Å². The molecular weight excluding hydrogens is 452 g/mol. The summed E-state index contributed by atoms with van der Waals surface area (Å²) in [6, 6.07) is 9.16. The van der Waals surface area contributed by atoms with Gasteiger partial charge in [-0.05, 0) is 25.0 Å². The Morgan fingerprint density at radius 1 is 0.806 bits per heavy atom. The van der Waals surface area contributed by atoms with Gasteiger partial charge in [-0.1, -0.05) is 125 Å². The number of carbonyl (C=O) groups is 1. The summed E-state index contributed by atoms with van der Waals surface area (Å²) >= 11 is 3.44. The second-order valence-corrected chi connectivity index (χ2v) is 9.34. The number of hydrogen-bond donors (Lipinski definition) is 0. The lowest BCUT2D eigenvalue weighted by molar-refractivity contribution is -0.00552. The molecule has 4 heteroatoms. The van der Waals surface area contributed by atoms with Crippen molar-refractivity contribution in [3.05, 3.63) is 35.9 Å². The molecule has 0 aliphatic heterocycles. The van der Waals surface area contributed by atoms with Gasteiger partial charge in [-0.2, -0.15) is 0 Å². The molecule has 0 radical (unpaired) electrons. The average molecular weight is 498 g/mol. The molecule has 1 aromatic rings. The van der Waals surface area contributed by atoms with Crippen LogP contribution in [0.4, 0.5) is 0 Å². The minimum Gasteiger partial charge on any atom is -0.456 e. The molecule has 0 saturated carbocycles. The number of unbranched alkanes of at least 4 members (excludes halogenated alkanes) is 13. The molecule has 0 fully saturated rings. The van der Waals surface area contributed by atoms with E-state index in [2.05, 4.69) is 22.9 Å². The Morgan fingerprint density at radius 2 is 1.32 bits per heavy atom. The van der Waals surface area contributed by atoms with Gasteiger partial charge in [-0.25, -0.2) is 4.79 Å². The van der Waals surface area contributed by atoms with E-state index in [4.69, 9.17) is 9.47 Å². The van der Waals surface area contributed by atoms with Crippen molar-refractivity contribution in [2.45, 2.75) is 109 Å². The molecule has 0 bridgehead atoms. The Hall–Kier alpha value is -0.870. The van der Waals surface area contributed by atoms with Crippen molar-refractivity contribution in [2.24, 2.45) is 0 Å². The van der Waals surface area contributed by atoms with Gasteiger partial charge in [0.2, 0.25) is 0 Å². The third-order valence-corrected chi connectivity index (χ3v) is 6.12. The topological polar surface area (TPSA) is 35.5 Å². The highest BCUT2D eigenvalue weighted by Crippen LogP contribution is 2.13. The molecule has 0 aliphatic carbocycles. The minimum absolute atomic E-state index is 0.196. The second-order valence-electron chi connectivity index (χ2n) is 8.54. The van der Waals surface area contributed by atoms with Crippen LogP contribution in [-0.2, 0) is 9.47 Å². The summed E-state index contributed by atoms with van der Waals surface area (Å²) in [6.07, 6.45) is 19.6. The van der Waals surface area contributed by atoms with Crippen LogP contribution in [-0.4, -0.2) is 30.6 Å². The molecule has 3 nitrogen and oxygen atoms in total. The third-order valence-electron chi connectivity index (χ3n) is 5.66. The molecular formula is C27H45BrO3. The molecule has 0 amide bonds. The first-order chi connectivity index (χ1) is 15.3. The minimum atomic E-state index is -0.272. The highest BCUT2D eigenvalue weighted by molar-refractivity contribution is 9.09. The van der Waals surface area contributed by atoms with E-state index in [-0.39, 0.29) is 12.1 Å². The number of benzene rings is 1. The van der Waals surface area contributed by atoms with Crippen LogP contribution in [0.2, 0.25) is 0 Å². The molecule has 0 spiro atoms. The van der Waals surface area contributed by atoms with Crippen LogP contribution in [0, 0.1) is 0 Å². The number of ether oxygens (including phenoxy) is 2. The van der Waals surface area contributed by atoms with Gasteiger partial charge in [-0.3, -0.25) is 0 Å². The van der Waals surface area contributed by atoms with Crippen LogP contribution >= 0.6 is 15.9 Å². The molecule has 31 heavy (non-hydrogen) atoms. The normalized spacial score (nSPS) is 12.1. The van der Waals surface area contributed by atoms with Gasteiger partial charge in [0.15, 0.2) is 0 Å². The first-order valence-corrected chi connectivity index (χ1v) is 13.8. The zero-order valence-electron chi connectivity index (χ0n) is 19.8. The van der Waals surface area contributed by atoms with Crippen molar-refractivity contribution in [1.29, 1.82) is 0 Å². The molecule has 1 rings (SSSR count). The van der Waals surface area contributed by atoms with Gasteiger partial charge >= 0.3 is 5.97 Å². The van der Waals surface area contributed by atoms with Gasteiger partial charge in [0.1, 0.15) is 6.10 Å². The summed E-state index contributed by atoms with van der Waals surface area (Å²) in [5.74, 6) is -0.272.